The Morgan fingerprint density at radius 3 is 3.16 bits per heavy atom. The third-order valence-corrected chi connectivity index (χ3v) is 4.81. The van der Waals surface area contributed by atoms with Crippen molar-refractivity contribution < 1.29 is 9.53 Å². The van der Waals surface area contributed by atoms with E-state index in [1.54, 1.807) is 0 Å². The van der Waals surface area contributed by atoms with Crippen LogP contribution in [0, 0.1) is 6.92 Å². The Kier molecular flexibility index (Phi) is 4.40. The summed E-state index contributed by atoms with van der Waals surface area (Å²) in [7, 11) is 0. The smallest absolute Gasteiger partial charge is 0.234 e. The summed E-state index contributed by atoms with van der Waals surface area (Å²) < 4.78 is 7.59. The Hall–Kier alpha value is -2.41. The summed E-state index contributed by atoms with van der Waals surface area (Å²) in [5, 5.41) is 10.9. The highest BCUT2D eigenvalue weighted by Crippen LogP contribution is 2.31. The molecular weight excluding hydrogens is 318 g/mol. The van der Waals surface area contributed by atoms with E-state index in [2.05, 4.69) is 20.7 Å². The number of nitrogens with one attached hydrogen (secondary N) is 2. The molecule has 0 aliphatic carbocycles. The summed E-state index contributed by atoms with van der Waals surface area (Å²) in [5.74, 6) is 2.74. The van der Waals surface area contributed by atoms with E-state index in [0.717, 1.165) is 48.8 Å². The highest BCUT2D eigenvalue weighted by Gasteiger charge is 2.24. The molecule has 1 aromatic carbocycles. The van der Waals surface area contributed by atoms with Crippen molar-refractivity contribution in [2.75, 3.05) is 13.2 Å². The zero-order chi connectivity index (χ0) is 17.2. The molecule has 0 radical (unpaired) electrons. The number of aryl methyl sites for hydroxylation is 2. The van der Waals surface area contributed by atoms with Crippen LogP contribution in [0.15, 0.2) is 24.3 Å². The number of carbonyl (C=O) groups excluding carboxylic acids is 1. The first-order valence-corrected chi connectivity index (χ1v) is 8.84. The summed E-state index contributed by atoms with van der Waals surface area (Å²) in [5.41, 5.74) is 1.06. The minimum atomic E-state index is 0.0160. The molecule has 1 amide bonds. The predicted molar refractivity (Wildman–Crippen MR) is 92.3 cm³/mol. The number of hydrogen-bond acceptors (Lipinski definition) is 5. The fourth-order valence-corrected chi connectivity index (χ4v) is 3.57. The minimum absolute atomic E-state index is 0.0160. The molecule has 2 atom stereocenters. The van der Waals surface area contributed by atoms with Crippen molar-refractivity contribution in [3.05, 3.63) is 41.5 Å². The third kappa shape index (κ3) is 3.51. The molecule has 25 heavy (non-hydrogen) atoms. The quantitative estimate of drug-likeness (QED) is 0.871. The molecule has 0 spiro atoms. The molecule has 4 rings (SSSR count). The van der Waals surface area contributed by atoms with Crippen LogP contribution in [-0.4, -0.2) is 39.9 Å². The molecule has 1 aromatic heterocycles. The first-order valence-electron chi connectivity index (χ1n) is 8.84. The standard InChI is InChI=1S/C18H23N5O2/c1-12-20-17-7-6-13(11-23(17)22-12)19-10-18(24)21-15-8-9-25-16-5-3-2-4-14(15)16/h2-5,13,15,19H,6-11H2,1H3,(H,21,24). The molecule has 7 nitrogen and oxygen atoms in total. The minimum Gasteiger partial charge on any atom is -0.493 e. The van der Waals surface area contributed by atoms with E-state index in [1.165, 1.54) is 0 Å². The van der Waals surface area contributed by atoms with Crippen LogP contribution < -0.4 is 15.4 Å². The first-order chi connectivity index (χ1) is 12.2. The number of benzene rings is 1. The predicted octanol–water partition coefficient (Wildman–Crippen LogP) is 1.13. The number of rotatable bonds is 4. The largest absolute Gasteiger partial charge is 0.493 e. The molecular formula is C18H23N5O2. The van der Waals surface area contributed by atoms with Crippen molar-refractivity contribution in [2.45, 2.75) is 44.8 Å². The number of para-hydroxylation sites is 1. The van der Waals surface area contributed by atoms with Crippen molar-refractivity contribution in [1.82, 2.24) is 25.4 Å². The Bertz CT molecular complexity index is 773. The van der Waals surface area contributed by atoms with Crippen molar-refractivity contribution in [1.29, 1.82) is 0 Å². The van der Waals surface area contributed by atoms with Gasteiger partial charge in [0.1, 0.15) is 17.4 Å². The van der Waals surface area contributed by atoms with Crippen LogP contribution in [0.5, 0.6) is 5.75 Å². The highest BCUT2D eigenvalue weighted by atomic mass is 16.5. The lowest BCUT2D eigenvalue weighted by atomic mass is 10.0. The maximum absolute atomic E-state index is 12.4. The highest BCUT2D eigenvalue weighted by molar-refractivity contribution is 5.78. The lowest BCUT2D eigenvalue weighted by Crippen LogP contribution is -2.44. The number of fused-ring (bicyclic) bond motifs is 2. The van der Waals surface area contributed by atoms with Crippen molar-refractivity contribution in [3.63, 3.8) is 0 Å². The zero-order valence-corrected chi connectivity index (χ0v) is 14.4. The maximum Gasteiger partial charge on any atom is 0.234 e. The first kappa shape index (κ1) is 16.1. The van der Waals surface area contributed by atoms with Crippen LogP contribution >= 0.6 is 0 Å². The van der Waals surface area contributed by atoms with Crippen molar-refractivity contribution >= 4 is 5.91 Å². The Balaban J connectivity index is 1.30. The molecule has 3 heterocycles. The molecule has 0 bridgehead atoms. The molecule has 0 saturated heterocycles. The van der Waals surface area contributed by atoms with E-state index in [0.29, 0.717) is 13.2 Å². The van der Waals surface area contributed by atoms with Crippen LogP contribution in [-0.2, 0) is 17.8 Å². The average Bonchev–Trinajstić information content (AvgIpc) is 2.99. The van der Waals surface area contributed by atoms with E-state index >= 15 is 0 Å². The zero-order valence-electron chi connectivity index (χ0n) is 14.4. The fraction of sp³-hybridized carbons (Fsp3) is 0.500. The van der Waals surface area contributed by atoms with Gasteiger partial charge in [-0.3, -0.25) is 4.79 Å². The van der Waals surface area contributed by atoms with Gasteiger partial charge in [-0.15, -0.1) is 0 Å². The number of amides is 1. The van der Waals surface area contributed by atoms with Gasteiger partial charge < -0.3 is 15.4 Å². The molecule has 7 heteroatoms. The molecule has 0 saturated carbocycles. The lowest BCUT2D eigenvalue weighted by Gasteiger charge is -2.27. The molecule has 0 fully saturated rings. The van der Waals surface area contributed by atoms with Gasteiger partial charge in [0.25, 0.3) is 0 Å². The summed E-state index contributed by atoms with van der Waals surface area (Å²) >= 11 is 0. The van der Waals surface area contributed by atoms with Gasteiger partial charge in [0.2, 0.25) is 5.91 Å². The maximum atomic E-state index is 12.4. The number of carbonyl (C=O) groups is 1. The van der Waals surface area contributed by atoms with Gasteiger partial charge in [0.15, 0.2) is 0 Å². The van der Waals surface area contributed by atoms with Gasteiger partial charge in [-0.1, -0.05) is 18.2 Å². The number of nitrogens with zero attached hydrogens (tertiary/aromatic N) is 3. The van der Waals surface area contributed by atoms with E-state index < -0.39 is 0 Å². The molecule has 2 aromatic rings. The summed E-state index contributed by atoms with van der Waals surface area (Å²) in [4.78, 5) is 16.8. The van der Waals surface area contributed by atoms with Gasteiger partial charge in [-0.2, -0.15) is 5.10 Å². The molecule has 2 unspecified atom stereocenters. The van der Waals surface area contributed by atoms with Crippen molar-refractivity contribution in [2.24, 2.45) is 0 Å². The topological polar surface area (TPSA) is 81.1 Å². The Morgan fingerprint density at radius 2 is 2.24 bits per heavy atom. The van der Waals surface area contributed by atoms with E-state index in [9.17, 15) is 4.79 Å². The van der Waals surface area contributed by atoms with Crippen LogP contribution in [0.2, 0.25) is 0 Å². The number of ether oxygens (including phenoxy) is 1. The Labute approximate surface area is 146 Å². The fourth-order valence-electron chi connectivity index (χ4n) is 3.57. The average molecular weight is 341 g/mol. The number of aromatic nitrogens is 3. The molecule has 132 valence electrons. The van der Waals surface area contributed by atoms with Crippen LogP contribution in [0.1, 0.15) is 36.1 Å². The molecule has 2 N–H and O–H groups in total. The second-order valence-corrected chi connectivity index (χ2v) is 6.67. The van der Waals surface area contributed by atoms with Gasteiger partial charge in [-0.05, 0) is 19.4 Å². The SMILES string of the molecule is Cc1nc2n(n1)CC(NCC(=O)NC1CCOc3ccccc31)CC2. The number of hydrogen-bond donors (Lipinski definition) is 2. The van der Waals surface area contributed by atoms with Gasteiger partial charge >= 0.3 is 0 Å². The summed E-state index contributed by atoms with van der Waals surface area (Å²) in [6.07, 6.45) is 2.67. The van der Waals surface area contributed by atoms with E-state index in [1.807, 2.05) is 35.9 Å². The van der Waals surface area contributed by atoms with Gasteiger partial charge in [-0.25, -0.2) is 9.67 Å². The lowest BCUT2D eigenvalue weighted by molar-refractivity contribution is -0.121. The normalized spacial score (nSPS) is 21.8. The second-order valence-electron chi connectivity index (χ2n) is 6.67. The molecule has 2 aliphatic heterocycles. The van der Waals surface area contributed by atoms with Crippen LogP contribution in [0.4, 0.5) is 0 Å². The van der Waals surface area contributed by atoms with Gasteiger partial charge in [0.05, 0.1) is 25.7 Å². The van der Waals surface area contributed by atoms with Gasteiger partial charge in [0, 0.05) is 24.4 Å². The van der Waals surface area contributed by atoms with E-state index in [-0.39, 0.29) is 18.0 Å². The second kappa shape index (κ2) is 6.84. The van der Waals surface area contributed by atoms with E-state index in [4.69, 9.17) is 4.74 Å². The third-order valence-electron chi connectivity index (χ3n) is 4.81. The van der Waals surface area contributed by atoms with Crippen LogP contribution in [0.25, 0.3) is 0 Å². The molecule has 2 aliphatic rings. The Morgan fingerprint density at radius 1 is 1.36 bits per heavy atom. The monoisotopic (exact) mass is 341 g/mol. The summed E-state index contributed by atoms with van der Waals surface area (Å²) in [6.45, 7) is 3.62. The van der Waals surface area contributed by atoms with Crippen molar-refractivity contribution in [3.8, 4) is 5.75 Å². The van der Waals surface area contributed by atoms with Crippen LogP contribution in [0.3, 0.4) is 0 Å². The summed E-state index contributed by atoms with van der Waals surface area (Å²) in [6, 6.07) is 8.17.